The molecule has 0 atom stereocenters. The second-order valence-electron chi connectivity index (χ2n) is 3.99. The Balaban J connectivity index is 1.80. The van der Waals surface area contributed by atoms with E-state index in [2.05, 4.69) is 25.9 Å². The third kappa shape index (κ3) is 3.90. The molecule has 2 rings (SSSR count). The summed E-state index contributed by atoms with van der Waals surface area (Å²) in [6.45, 7) is 3.00. The maximum Gasteiger partial charge on any atom is 0.239 e. The summed E-state index contributed by atoms with van der Waals surface area (Å²) < 4.78 is 0. The highest BCUT2D eigenvalue weighted by molar-refractivity contribution is 5.80. The first-order chi connectivity index (χ1) is 8.28. The molecule has 1 aromatic rings. The van der Waals surface area contributed by atoms with Crippen LogP contribution in [0.2, 0.25) is 0 Å². The summed E-state index contributed by atoms with van der Waals surface area (Å²) in [7, 11) is 0. The molecule has 1 fully saturated rings. The van der Waals surface area contributed by atoms with Gasteiger partial charge >= 0.3 is 0 Å². The van der Waals surface area contributed by atoms with Crippen LogP contribution >= 0.6 is 0 Å². The Labute approximate surface area is 100 Å². The Bertz CT molecular complexity index is 391. The van der Waals surface area contributed by atoms with E-state index in [4.69, 9.17) is 0 Å². The number of hydrogen-bond acceptors (Lipinski definition) is 5. The number of aromatic nitrogens is 2. The Hall–Kier alpha value is -1.85. The molecule has 0 bridgehead atoms. The van der Waals surface area contributed by atoms with E-state index in [0.29, 0.717) is 17.8 Å². The van der Waals surface area contributed by atoms with Gasteiger partial charge in [0, 0.05) is 18.8 Å². The molecular weight excluding hydrogens is 218 g/mol. The number of anilines is 2. The van der Waals surface area contributed by atoms with Gasteiger partial charge in [-0.15, -0.1) is 0 Å². The SMILES string of the molecule is CCNc1nccc(NCC(=O)NC2CC2)n1. The van der Waals surface area contributed by atoms with Gasteiger partial charge in [-0.25, -0.2) is 4.98 Å². The van der Waals surface area contributed by atoms with Crippen LogP contribution in [0.5, 0.6) is 0 Å². The number of rotatable bonds is 6. The maximum absolute atomic E-state index is 11.4. The second kappa shape index (κ2) is 5.47. The van der Waals surface area contributed by atoms with Crippen molar-refractivity contribution in [3.63, 3.8) is 0 Å². The zero-order valence-corrected chi connectivity index (χ0v) is 9.86. The van der Waals surface area contributed by atoms with Crippen molar-refractivity contribution in [1.82, 2.24) is 15.3 Å². The third-order valence-corrected chi connectivity index (χ3v) is 2.36. The predicted molar refractivity (Wildman–Crippen MR) is 65.9 cm³/mol. The van der Waals surface area contributed by atoms with Crippen LogP contribution in [0.1, 0.15) is 19.8 Å². The van der Waals surface area contributed by atoms with Crippen LogP contribution in [0.25, 0.3) is 0 Å². The van der Waals surface area contributed by atoms with Gasteiger partial charge in [0.1, 0.15) is 5.82 Å². The quantitative estimate of drug-likeness (QED) is 0.673. The van der Waals surface area contributed by atoms with Crippen LogP contribution < -0.4 is 16.0 Å². The highest BCUT2D eigenvalue weighted by Gasteiger charge is 2.22. The summed E-state index contributed by atoms with van der Waals surface area (Å²) in [5.74, 6) is 1.23. The number of nitrogens with zero attached hydrogens (tertiary/aromatic N) is 2. The first kappa shape index (κ1) is 11.6. The van der Waals surface area contributed by atoms with Gasteiger partial charge in [0.25, 0.3) is 0 Å². The molecule has 1 aliphatic rings. The molecule has 0 saturated heterocycles. The van der Waals surface area contributed by atoms with Gasteiger partial charge < -0.3 is 16.0 Å². The predicted octanol–water partition coefficient (Wildman–Crippen LogP) is 0.599. The second-order valence-corrected chi connectivity index (χ2v) is 3.99. The van der Waals surface area contributed by atoms with Gasteiger partial charge in [-0.05, 0) is 25.8 Å². The smallest absolute Gasteiger partial charge is 0.239 e. The molecule has 1 saturated carbocycles. The van der Waals surface area contributed by atoms with Gasteiger partial charge in [-0.3, -0.25) is 4.79 Å². The topological polar surface area (TPSA) is 78.9 Å². The zero-order valence-electron chi connectivity index (χ0n) is 9.86. The number of carbonyl (C=O) groups excluding carboxylic acids is 1. The standard InChI is InChI=1S/C11H17N5O/c1-2-12-11-13-6-5-9(16-11)14-7-10(17)15-8-3-4-8/h5-6,8H,2-4,7H2,1H3,(H,15,17)(H2,12,13,14,16). The fourth-order valence-corrected chi connectivity index (χ4v) is 1.38. The normalized spacial score (nSPS) is 14.2. The number of amides is 1. The van der Waals surface area contributed by atoms with E-state index in [-0.39, 0.29) is 12.5 Å². The maximum atomic E-state index is 11.4. The van der Waals surface area contributed by atoms with Crippen molar-refractivity contribution in [3.8, 4) is 0 Å². The molecule has 1 amide bonds. The lowest BCUT2D eigenvalue weighted by Gasteiger charge is -2.07. The molecule has 92 valence electrons. The number of nitrogens with one attached hydrogen (secondary N) is 3. The fourth-order valence-electron chi connectivity index (χ4n) is 1.38. The van der Waals surface area contributed by atoms with Crippen molar-refractivity contribution in [2.24, 2.45) is 0 Å². The van der Waals surface area contributed by atoms with Crippen molar-refractivity contribution in [1.29, 1.82) is 0 Å². The Morgan fingerprint density at radius 2 is 2.29 bits per heavy atom. The van der Waals surface area contributed by atoms with Crippen LogP contribution in [0.4, 0.5) is 11.8 Å². The summed E-state index contributed by atoms with van der Waals surface area (Å²) in [6, 6.07) is 2.14. The van der Waals surface area contributed by atoms with Gasteiger partial charge in [-0.1, -0.05) is 0 Å². The molecule has 0 aromatic carbocycles. The molecule has 0 spiro atoms. The van der Waals surface area contributed by atoms with Crippen molar-refractivity contribution in [3.05, 3.63) is 12.3 Å². The summed E-state index contributed by atoms with van der Waals surface area (Å²) >= 11 is 0. The van der Waals surface area contributed by atoms with Crippen LogP contribution in [-0.4, -0.2) is 35.0 Å². The van der Waals surface area contributed by atoms with E-state index in [9.17, 15) is 4.79 Å². The van der Waals surface area contributed by atoms with Gasteiger partial charge in [-0.2, -0.15) is 4.98 Å². The van der Waals surface area contributed by atoms with Gasteiger partial charge in [0.2, 0.25) is 11.9 Å². The number of hydrogen-bond donors (Lipinski definition) is 3. The van der Waals surface area contributed by atoms with E-state index in [0.717, 1.165) is 19.4 Å². The molecule has 6 nitrogen and oxygen atoms in total. The third-order valence-electron chi connectivity index (χ3n) is 2.36. The molecule has 0 aliphatic heterocycles. The summed E-state index contributed by atoms with van der Waals surface area (Å²) in [6.07, 6.45) is 3.86. The van der Waals surface area contributed by atoms with Crippen molar-refractivity contribution >= 4 is 17.7 Å². The molecule has 1 aliphatic carbocycles. The summed E-state index contributed by atoms with van der Waals surface area (Å²) in [5, 5.41) is 8.89. The average molecular weight is 235 g/mol. The van der Waals surface area contributed by atoms with Crippen LogP contribution in [0.15, 0.2) is 12.3 Å². The van der Waals surface area contributed by atoms with Crippen molar-refractivity contribution in [2.75, 3.05) is 23.7 Å². The van der Waals surface area contributed by atoms with E-state index >= 15 is 0 Å². The molecule has 6 heteroatoms. The Kier molecular flexibility index (Phi) is 3.74. The lowest BCUT2D eigenvalue weighted by molar-refractivity contribution is -0.119. The first-order valence-electron chi connectivity index (χ1n) is 5.88. The fraction of sp³-hybridized carbons (Fsp3) is 0.545. The van der Waals surface area contributed by atoms with E-state index in [1.807, 2.05) is 6.92 Å². The average Bonchev–Trinajstić information content (AvgIpc) is 3.11. The number of carbonyl (C=O) groups is 1. The molecular formula is C11H17N5O. The largest absolute Gasteiger partial charge is 0.361 e. The lowest BCUT2D eigenvalue weighted by Crippen LogP contribution is -2.31. The Morgan fingerprint density at radius 3 is 3.00 bits per heavy atom. The van der Waals surface area contributed by atoms with Crippen LogP contribution in [-0.2, 0) is 4.79 Å². The van der Waals surface area contributed by atoms with Crippen molar-refractivity contribution < 1.29 is 4.79 Å². The Morgan fingerprint density at radius 1 is 1.47 bits per heavy atom. The van der Waals surface area contributed by atoms with E-state index < -0.39 is 0 Å². The molecule has 1 aromatic heterocycles. The van der Waals surface area contributed by atoms with Crippen LogP contribution in [0.3, 0.4) is 0 Å². The molecule has 3 N–H and O–H groups in total. The summed E-state index contributed by atoms with van der Waals surface area (Å²) in [5.41, 5.74) is 0. The highest BCUT2D eigenvalue weighted by atomic mass is 16.2. The lowest BCUT2D eigenvalue weighted by atomic mass is 10.5. The monoisotopic (exact) mass is 235 g/mol. The minimum Gasteiger partial charge on any atom is -0.361 e. The molecule has 17 heavy (non-hydrogen) atoms. The minimum atomic E-state index is 0.0103. The molecule has 1 heterocycles. The zero-order chi connectivity index (χ0) is 12.1. The van der Waals surface area contributed by atoms with E-state index in [1.54, 1.807) is 12.3 Å². The first-order valence-corrected chi connectivity index (χ1v) is 5.88. The summed E-state index contributed by atoms with van der Waals surface area (Å²) in [4.78, 5) is 19.7. The molecule has 0 unspecified atom stereocenters. The van der Waals surface area contributed by atoms with Gasteiger partial charge in [0.15, 0.2) is 0 Å². The highest BCUT2D eigenvalue weighted by Crippen LogP contribution is 2.18. The van der Waals surface area contributed by atoms with E-state index in [1.165, 1.54) is 0 Å². The van der Waals surface area contributed by atoms with Crippen LogP contribution in [0, 0.1) is 0 Å². The molecule has 0 radical (unpaired) electrons. The minimum absolute atomic E-state index is 0.0103. The van der Waals surface area contributed by atoms with Gasteiger partial charge in [0.05, 0.1) is 6.54 Å². The van der Waals surface area contributed by atoms with Crippen molar-refractivity contribution in [2.45, 2.75) is 25.8 Å².